The molecule has 2 heterocycles. The number of rotatable bonds is 3. The molecule has 5 nitrogen and oxygen atoms in total. The number of nitrogens with zero attached hydrogens (tertiary/aromatic N) is 2. The number of hydrogen-bond donors (Lipinski definition) is 2. The van der Waals surface area contributed by atoms with E-state index in [1.807, 2.05) is 4.90 Å². The Morgan fingerprint density at radius 3 is 2.92 bits per heavy atom. The Kier molecular flexibility index (Phi) is 4.13. The molecule has 7 heteroatoms. The van der Waals surface area contributed by atoms with Crippen LogP contribution in [0.1, 0.15) is 25.0 Å². The summed E-state index contributed by atoms with van der Waals surface area (Å²) in [6.45, 7) is 2.54. The van der Waals surface area contributed by atoms with Gasteiger partial charge in [-0.1, -0.05) is 0 Å². The minimum absolute atomic E-state index is 0.0333. The first-order valence-electron chi connectivity index (χ1n) is 7.80. The van der Waals surface area contributed by atoms with Crippen LogP contribution in [0.5, 0.6) is 0 Å². The van der Waals surface area contributed by atoms with E-state index in [4.69, 9.17) is 5.73 Å². The second kappa shape index (κ2) is 5.98. The number of nitrogens with two attached hydrogens (primary N) is 1. The number of fused-ring (bicyclic) bond motifs is 1. The number of amides is 1. The highest BCUT2D eigenvalue weighted by molar-refractivity contribution is 5.92. The minimum Gasteiger partial charge on any atom is -0.388 e. The molecule has 1 amide bonds. The molecule has 0 spiro atoms. The Balaban J connectivity index is 2.06. The maximum atomic E-state index is 14.1. The molecule has 1 aromatic carbocycles. The molecule has 24 heavy (non-hydrogen) atoms. The zero-order chi connectivity index (χ0) is 17.5. The van der Waals surface area contributed by atoms with E-state index in [2.05, 4.69) is 4.98 Å². The number of pyridine rings is 1. The SMILES string of the molecule is Cc1cc(N2CCCC(O)(CC(N)=O)C2)c2ccc(F)c(F)c2n1. The van der Waals surface area contributed by atoms with Crippen molar-refractivity contribution in [3.8, 4) is 0 Å². The summed E-state index contributed by atoms with van der Waals surface area (Å²) in [5.41, 5.74) is 5.19. The van der Waals surface area contributed by atoms with Crippen molar-refractivity contribution in [1.29, 1.82) is 0 Å². The number of piperidine rings is 1. The molecule has 1 aliphatic rings. The largest absolute Gasteiger partial charge is 0.388 e. The maximum absolute atomic E-state index is 14.1. The van der Waals surface area contributed by atoms with Crippen LogP contribution in [-0.2, 0) is 4.79 Å². The van der Waals surface area contributed by atoms with E-state index in [0.717, 1.165) is 6.07 Å². The van der Waals surface area contributed by atoms with Gasteiger partial charge in [0.2, 0.25) is 5.91 Å². The predicted molar refractivity (Wildman–Crippen MR) is 86.6 cm³/mol. The molecule has 3 rings (SSSR count). The Labute approximate surface area is 138 Å². The van der Waals surface area contributed by atoms with Gasteiger partial charge in [0.05, 0.1) is 12.0 Å². The molecule has 1 aromatic heterocycles. The zero-order valence-corrected chi connectivity index (χ0v) is 13.4. The molecule has 1 atom stereocenters. The van der Waals surface area contributed by atoms with Crippen LogP contribution in [0.2, 0.25) is 0 Å². The number of aliphatic hydroxyl groups is 1. The number of halogens is 2. The maximum Gasteiger partial charge on any atom is 0.220 e. The van der Waals surface area contributed by atoms with Crippen molar-refractivity contribution in [2.75, 3.05) is 18.0 Å². The molecule has 1 saturated heterocycles. The van der Waals surface area contributed by atoms with Crippen LogP contribution in [0.25, 0.3) is 10.9 Å². The van der Waals surface area contributed by atoms with Crippen molar-refractivity contribution < 1.29 is 18.7 Å². The normalized spacial score (nSPS) is 21.2. The zero-order valence-electron chi connectivity index (χ0n) is 13.4. The fourth-order valence-electron chi connectivity index (χ4n) is 3.39. The summed E-state index contributed by atoms with van der Waals surface area (Å²) in [4.78, 5) is 17.2. The van der Waals surface area contributed by atoms with Crippen LogP contribution in [0, 0.1) is 18.6 Å². The molecule has 0 saturated carbocycles. The molecular formula is C17H19F2N3O2. The van der Waals surface area contributed by atoms with Gasteiger partial charge in [-0.15, -0.1) is 0 Å². The molecule has 0 aliphatic carbocycles. The van der Waals surface area contributed by atoms with Gasteiger partial charge in [0.25, 0.3) is 0 Å². The van der Waals surface area contributed by atoms with E-state index >= 15 is 0 Å². The first-order valence-corrected chi connectivity index (χ1v) is 7.80. The number of carbonyl (C=O) groups is 1. The molecule has 1 fully saturated rings. The van der Waals surface area contributed by atoms with Gasteiger partial charge >= 0.3 is 0 Å². The van der Waals surface area contributed by atoms with E-state index in [1.165, 1.54) is 6.07 Å². The van der Waals surface area contributed by atoms with E-state index in [9.17, 15) is 18.7 Å². The third-order valence-corrected chi connectivity index (χ3v) is 4.38. The number of hydrogen-bond acceptors (Lipinski definition) is 4. The van der Waals surface area contributed by atoms with Crippen molar-refractivity contribution in [3.63, 3.8) is 0 Å². The van der Waals surface area contributed by atoms with Gasteiger partial charge in [0, 0.05) is 29.9 Å². The molecule has 0 radical (unpaired) electrons. The van der Waals surface area contributed by atoms with Crippen LogP contribution in [0.15, 0.2) is 18.2 Å². The molecular weight excluding hydrogens is 316 g/mol. The first-order chi connectivity index (χ1) is 11.3. The predicted octanol–water partition coefficient (Wildman–Crippen LogP) is 2.03. The summed E-state index contributed by atoms with van der Waals surface area (Å²) in [5, 5.41) is 11.1. The summed E-state index contributed by atoms with van der Waals surface area (Å²) in [5.74, 6) is -2.50. The summed E-state index contributed by atoms with van der Waals surface area (Å²) in [6.07, 6.45) is 1.00. The molecule has 1 aliphatic heterocycles. The number of β-amino-alcohol motifs (C(OH)–C–C–N with tert-alkyl or cyclic N) is 1. The van der Waals surface area contributed by atoms with E-state index < -0.39 is 23.1 Å². The quantitative estimate of drug-likeness (QED) is 0.899. The molecule has 3 N–H and O–H groups in total. The second-order valence-corrected chi connectivity index (χ2v) is 6.43. The number of benzene rings is 1. The van der Waals surface area contributed by atoms with Gasteiger partial charge in [-0.25, -0.2) is 13.8 Å². The number of primary amides is 1. The Morgan fingerprint density at radius 1 is 1.46 bits per heavy atom. The second-order valence-electron chi connectivity index (χ2n) is 6.43. The smallest absolute Gasteiger partial charge is 0.220 e. The third-order valence-electron chi connectivity index (χ3n) is 4.38. The van der Waals surface area contributed by atoms with Gasteiger partial charge < -0.3 is 15.7 Å². The summed E-state index contributed by atoms with van der Waals surface area (Å²) < 4.78 is 27.6. The highest BCUT2D eigenvalue weighted by Gasteiger charge is 2.35. The highest BCUT2D eigenvalue weighted by atomic mass is 19.2. The average Bonchev–Trinajstić information content (AvgIpc) is 2.49. The van der Waals surface area contributed by atoms with Gasteiger partial charge in [-0.05, 0) is 38.0 Å². The van der Waals surface area contributed by atoms with Crippen molar-refractivity contribution in [1.82, 2.24) is 4.98 Å². The molecule has 1 unspecified atom stereocenters. The van der Waals surface area contributed by atoms with Crippen molar-refractivity contribution in [2.24, 2.45) is 5.73 Å². The summed E-state index contributed by atoms with van der Waals surface area (Å²) >= 11 is 0. The summed E-state index contributed by atoms with van der Waals surface area (Å²) in [7, 11) is 0. The highest BCUT2D eigenvalue weighted by Crippen LogP contribution is 2.34. The van der Waals surface area contributed by atoms with Crippen LogP contribution >= 0.6 is 0 Å². The fraction of sp³-hybridized carbons (Fsp3) is 0.412. The number of anilines is 1. The van der Waals surface area contributed by atoms with Gasteiger partial charge in [-0.3, -0.25) is 4.79 Å². The number of aryl methyl sites for hydroxylation is 1. The topological polar surface area (TPSA) is 79.5 Å². The lowest BCUT2D eigenvalue weighted by molar-refractivity contribution is -0.123. The lowest BCUT2D eigenvalue weighted by atomic mass is 9.89. The Bertz CT molecular complexity index is 812. The van der Waals surface area contributed by atoms with Gasteiger partial charge in [0.1, 0.15) is 5.52 Å². The summed E-state index contributed by atoms with van der Waals surface area (Å²) in [6, 6.07) is 4.32. The molecule has 0 bridgehead atoms. The average molecular weight is 335 g/mol. The molecule has 2 aromatic rings. The van der Waals surface area contributed by atoms with Crippen LogP contribution in [-0.4, -0.2) is 34.7 Å². The monoisotopic (exact) mass is 335 g/mol. The van der Waals surface area contributed by atoms with E-state index in [0.29, 0.717) is 36.2 Å². The Morgan fingerprint density at radius 2 is 2.21 bits per heavy atom. The van der Waals surface area contributed by atoms with Crippen LogP contribution in [0.3, 0.4) is 0 Å². The third kappa shape index (κ3) is 3.03. The lowest BCUT2D eigenvalue weighted by Crippen LogP contribution is -2.50. The van der Waals surface area contributed by atoms with Crippen LogP contribution < -0.4 is 10.6 Å². The first kappa shape index (κ1) is 16.6. The standard InChI is InChI=1S/C17H19F2N3O2/c1-10-7-13(11-3-4-12(18)15(19)16(11)21-10)22-6-2-5-17(24,9-22)8-14(20)23/h3-4,7,24H,2,5-6,8-9H2,1H3,(H2,20,23). The van der Waals surface area contributed by atoms with E-state index in [1.54, 1.807) is 13.0 Å². The van der Waals surface area contributed by atoms with Gasteiger partial charge in [-0.2, -0.15) is 0 Å². The number of carbonyl (C=O) groups excluding carboxylic acids is 1. The van der Waals surface area contributed by atoms with Crippen molar-refractivity contribution in [2.45, 2.75) is 31.8 Å². The van der Waals surface area contributed by atoms with Crippen LogP contribution in [0.4, 0.5) is 14.5 Å². The number of aromatic nitrogens is 1. The Hall–Kier alpha value is -2.28. The van der Waals surface area contributed by atoms with E-state index in [-0.39, 0.29) is 18.5 Å². The van der Waals surface area contributed by atoms with Crippen molar-refractivity contribution >= 4 is 22.5 Å². The van der Waals surface area contributed by atoms with Gasteiger partial charge in [0.15, 0.2) is 11.6 Å². The van der Waals surface area contributed by atoms with Crippen molar-refractivity contribution in [3.05, 3.63) is 35.5 Å². The lowest BCUT2D eigenvalue weighted by Gasteiger charge is -2.40. The molecule has 128 valence electrons. The minimum atomic E-state index is -1.22. The fourth-order valence-corrected chi connectivity index (χ4v) is 3.39.